The molecule has 1 aliphatic heterocycles. The molecule has 8 heteroatoms. The van der Waals surface area contributed by atoms with Gasteiger partial charge in [-0.15, -0.1) is 10.2 Å². The molecule has 0 bridgehead atoms. The molecular formula is C16H12F3N3O2. The van der Waals surface area contributed by atoms with Crippen LogP contribution in [-0.2, 0) is 16.6 Å². The van der Waals surface area contributed by atoms with Crippen molar-refractivity contribution in [1.29, 1.82) is 0 Å². The van der Waals surface area contributed by atoms with Crippen LogP contribution in [0.3, 0.4) is 0 Å². The Morgan fingerprint density at radius 3 is 2.67 bits per heavy atom. The van der Waals surface area contributed by atoms with Gasteiger partial charge in [0.15, 0.2) is 0 Å². The van der Waals surface area contributed by atoms with E-state index in [2.05, 4.69) is 15.2 Å². The predicted octanol–water partition coefficient (Wildman–Crippen LogP) is 1.46. The number of fused-ring (bicyclic) bond motifs is 1. The summed E-state index contributed by atoms with van der Waals surface area (Å²) < 4.78 is 44.4. The van der Waals surface area contributed by atoms with Gasteiger partial charge in [0.1, 0.15) is 5.41 Å². The van der Waals surface area contributed by atoms with Crippen molar-refractivity contribution in [2.75, 3.05) is 0 Å². The fourth-order valence-electron chi connectivity index (χ4n) is 2.83. The van der Waals surface area contributed by atoms with E-state index in [1.165, 1.54) is 0 Å². The van der Waals surface area contributed by atoms with Crippen molar-refractivity contribution in [1.82, 2.24) is 10.2 Å². The van der Waals surface area contributed by atoms with Gasteiger partial charge in [-0.1, -0.05) is 24.3 Å². The molecule has 2 heterocycles. The smallest absolute Gasteiger partial charge is 0.403 e. The number of alkyl halides is 3. The number of hydrogen-bond acceptors (Lipinski definition) is 4. The Morgan fingerprint density at radius 2 is 1.96 bits per heavy atom. The molecule has 1 fully saturated rings. The number of carbonyl (C=O) groups excluding carboxylic acids is 1. The lowest BCUT2D eigenvalue weighted by Gasteiger charge is -2.14. The van der Waals surface area contributed by atoms with E-state index in [-0.39, 0.29) is 31.1 Å². The first-order valence-corrected chi connectivity index (χ1v) is 7.48. The van der Waals surface area contributed by atoms with Crippen LogP contribution >= 0.6 is 0 Å². The second-order valence-electron chi connectivity index (χ2n) is 6.07. The molecule has 1 atom stereocenters. The topological polar surface area (TPSA) is 68.3 Å². The first kappa shape index (κ1) is 15.0. The Labute approximate surface area is 133 Å². The van der Waals surface area contributed by atoms with Crippen LogP contribution in [0.5, 0.6) is 0 Å². The molecule has 1 saturated carbocycles. The fraction of sp³-hybridized carbons (Fsp3) is 0.375. The molecule has 1 aromatic carbocycles. The molecule has 0 N–H and O–H groups in total. The van der Waals surface area contributed by atoms with Crippen molar-refractivity contribution in [3.63, 3.8) is 0 Å². The number of amides is 1. The number of rotatable bonds is 3. The van der Waals surface area contributed by atoms with Gasteiger partial charge in [-0.05, 0) is 24.1 Å². The summed E-state index contributed by atoms with van der Waals surface area (Å²) in [5.41, 5.74) is -2.00. The van der Waals surface area contributed by atoms with Crippen LogP contribution in [0.15, 0.2) is 33.7 Å². The van der Waals surface area contributed by atoms with Gasteiger partial charge in [0.2, 0.25) is 11.8 Å². The standard InChI is InChI=1S/C16H12F3N3O2/c17-16(18,19)15(5-6-15)14-22-21-12(24-14)8-10-7-9-3-1-2-4-11(9)20-13(10)23/h1-4,7,10H,5-6,8H2. The molecule has 5 nitrogen and oxygen atoms in total. The van der Waals surface area contributed by atoms with E-state index in [1.807, 2.05) is 12.1 Å². The zero-order chi connectivity index (χ0) is 16.9. The molecule has 2 aliphatic rings. The summed E-state index contributed by atoms with van der Waals surface area (Å²) in [5, 5.41) is 8.63. The second kappa shape index (κ2) is 4.99. The number of carbonyl (C=O) groups is 1. The molecule has 4 rings (SSSR count). The molecule has 1 amide bonds. The Balaban J connectivity index is 1.60. The third kappa shape index (κ3) is 2.33. The van der Waals surface area contributed by atoms with E-state index in [1.54, 1.807) is 18.2 Å². The van der Waals surface area contributed by atoms with Crippen LogP contribution in [-0.4, -0.2) is 22.3 Å². The van der Waals surface area contributed by atoms with Crippen molar-refractivity contribution >= 4 is 12.0 Å². The van der Waals surface area contributed by atoms with Gasteiger partial charge in [0, 0.05) is 6.42 Å². The van der Waals surface area contributed by atoms with Crippen molar-refractivity contribution in [3.8, 4) is 0 Å². The lowest BCUT2D eigenvalue weighted by molar-refractivity contribution is -0.165. The van der Waals surface area contributed by atoms with Gasteiger partial charge in [0.25, 0.3) is 5.91 Å². The van der Waals surface area contributed by atoms with Crippen LogP contribution in [0.2, 0.25) is 0 Å². The van der Waals surface area contributed by atoms with Crippen molar-refractivity contribution < 1.29 is 22.4 Å². The van der Waals surface area contributed by atoms with Crippen molar-refractivity contribution in [2.45, 2.75) is 30.9 Å². The largest absolute Gasteiger partial charge is 0.424 e. The molecule has 0 radical (unpaired) electrons. The van der Waals surface area contributed by atoms with E-state index < -0.39 is 23.4 Å². The maximum absolute atomic E-state index is 13.1. The van der Waals surface area contributed by atoms with E-state index in [4.69, 9.17) is 4.42 Å². The fourth-order valence-corrected chi connectivity index (χ4v) is 2.83. The van der Waals surface area contributed by atoms with Gasteiger partial charge in [-0.25, -0.2) is 4.99 Å². The summed E-state index contributed by atoms with van der Waals surface area (Å²) in [4.78, 5) is 16.1. The molecule has 24 heavy (non-hydrogen) atoms. The molecule has 1 aromatic heterocycles. The van der Waals surface area contributed by atoms with E-state index in [9.17, 15) is 18.0 Å². The van der Waals surface area contributed by atoms with E-state index >= 15 is 0 Å². The second-order valence-corrected chi connectivity index (χ2v) is 6.07. The molecule has 0 spiro atoms. The minimum absolute atomic E-state index is 0.0182. The van der Waals surface area contributed by atoms with Gasteiger partial charge < -0.3 is 4.42 Å². The summed E-state index contributed by atoms with van der Waals surface area (Å²) >= 11 is 0. The number of benzene rings is 1. The molecule has 124 valence electrons. The van der Waals surface area contributed by atoms with Gasteiger partial charge in [0.05, 0.1) is 11.3 Å². The highest BCUT2D eigenvalue weighted by Crippen LogP contribution is 2.58. The van der Waals surface area contributed by atoms with Gasteiger partial charge in [-0.2, -0.15) is 13.2 Å². The lowest BCUT2D eigenvalue weighted by Crippen LogP contribution is -2.34. The minimum atomic E-state index is -4.40. The number of para-hydroxylation sites is 1. The highest BCUT2D eigenvalue weighted by molar-refractivity contribution is 5.86. The average molecular weight is 335 g/mol. The number of hydrogen-bond donors (Lipinski definition) is 0. The summed E-state index contributed by atoms with van der Waals surface area (Å²) in [6, 6.07) is 7.15. The molecule has 2 aromatic rings. The quantitative estimate of drug-likeness (QED) is 0.852. The third-order valence-electron chi connectivity index (χ3n) is 4.43. The van der Waals surface area contributed by atoms with Crippen molar-refractivity contribution in [3.05, 3.63) is 46.6 Å². The predicted molar refractivity (Wildman–Crippen MR) is 75.2 cm³/mol. The van der Waals surface area contributed by atoms with Gasteiger partial charge >= 0.3 is 6.18 Å². The Hall–Kier alpha value is -2.51. The van der Waals surface area contributed by atoms with E-state index in [0.717, 1.165) is 5.22 Å². The van der Waals surface area contributed by atoms with Crippen LogP contribution in [0, 0.1) is 5.92 Å². The molecular weight excluding hydrogens is 323 g/mol. The minimum Gasteiger partial charge on any atom is -0.424 e. The molecule has 1 aliphatic carbocycles. The maximum Gasteiger partial charge on any atom is 0.403 e. The lowest BCUT2D eigenvalue weighted by atomic mass is 10.0. The highest BCUT2D eigenvalue weighted by Gasteiger charge is 2.68. The average Bonchev–Trinajstić information content (AvgIpc) is 3.23. The molecule has 1 unspecified atom stereocenters. The van der Waals surface area contributed by atoms with Gasteiger partial charge in [-0.3, -0.25) is 4.79 Å². The Kier molecular flexibility index (Phi) is 3.13. The normalized spacial score (nSPS) is 21.6. The summed E-state index contributed by atoms with van der Waals surface area (Å²) in [5.74, 6) is -1.38. The molecule has 0 saturated heterocycles. The number of halogens is 3. The number of aromatic nitrogens is 2. The van der Waals surface area contributed by atoms with Crippen LogP contribution in [0.1, 0.15) is 24.6 Å². The van der Waals surface area contributed by atoms with Crippen LogP contribution < -0.4 is 10.6 Å². The third-order valence-corrected chi connectivity index (χ3v) is 4.43. The van der Waals surface area contributed by atoms with E-state index in [0.29, 0.717) is 5.36 Å². The highest BCUT2D eigenvalue weighted by atomic mass is 19.4. The first-order chi connectivity index (χ1) is 11.4. The zero-order valence-corrected chi connectivity index (χ0v) is 12.4. The Bertz CT molecular complexity index is 929. The zero-order valence-electron chi connectivity index (χ0n) is 12.4. The summed E-state index contributed by atoms with van der Waals surface area (Å²) in [6.45, 7) is 0. The summed E-state index contributed by atoms with van der Waals surface area (Å²) in [6.07, 6.45) is -2.73. The van der Waals surface area contributed by atoms with Crippen LogP contribution in [0.25, 0.3) is 6.08 Å². The summed E-state index contributed by atoms with van der Waals surface area (Å²) in [7, 11) is 0. The van der Waals surface area contributed by atoms with Crippen molar-refractivity contribution in [2.24, 2.45) is 10.9 Å². The first-order valence-electron chi connectivity index (χ1n) is 7.48. The SMILES string of the molecule is O=C1N=c2ccccc2=CC1Cc1nnc(C2(C(F)(F)F)CC2)o1. The monoisotopic (exact) mass is 335 g/mol. The number of nitrogens with zero attached hydrogens (tertiary/aromatic N) is 3. The Morgan fingerprint density at radius 1 is 1.21 bits per heavy atom. The van der Waals surface area contributed by atoms with Crippen LogP contribution in [0.4, 0.5) is 13.2 Å². The maximum atomic E-state index is 13.1.